The van der Waals surface area contributed by atoms with Crippen LogP contribution in [-0.2, 0) is 21.8 Å². The normalized spacial score (nSPS) is 19.5. The van der Waals surface area contributed by atoms with Gasteiger partial charge in [-0.25, -0.2) is 8.42 Å². The molecule has 0 radical (unpaired) electrons. The second-order valence-electron chi connectivity index (χ2n) is 5.08. The van der Waals surface area contributed by atoms with Gasteiger partial charge in [0.1, 0.15) is 0 Å². The maximum atomic E-state index is 12.7. The summed E-state index contributed by atoms with van der Waals surface area (Å²) < 4.78 is 49.3. The second-order valence-corrected chi connectivity index (χ2v) is 8.23. The lowest BCUT2D eigenvalue weighted by molar-refractivity contribution is -0.115. The summed E-state index contributed by atoms with van der Waals surface area (Å²) in [6.45, 7) is -0.905. The Labute approximate surface area is 147 Å². The molecule has 0 saturated carbocycles. The van der Waals surface area contributed by atoms with Crippen LogP contribution in [0.4, 0.5) is 0 Å². The number of aromatic nitrogens is 1. The van der Waals surface area contributed by atoms with Crippen LogP contribution in [0.5, 0.6) is 0 Å². The van der Waals surface area contributed by atoms with Crippen LogP contribution in [0.2, 0.25) is 0 Å². The summed E-state index contributed by atoms with van der Waals surface area (Å²) in [4.78, 5) is 16.8. The van der Waals surface area contributed by atoms with Crippen molar-refractivity contribution in [1.82, 2.24) is 8.87 Å². The van der Waals surface area contributed by atoms with Crippen LogP contribution in [-0.4, -0.2) is 35.4 Å². The zero-order chi connectivity index (χ0) is 20.1. The smallest absolute Gasteiger partial charge is 0.300 e. The molecule has 1 aromatic carbocycles. The molecule has 9 heteroatoms. The minimum atomic E-state index is -4.05. The number of hydrogen-bond acceptors (Lipinski definition) is 5. The lowest BCUT2D eigenvalue weighted by Crippen LogP contribution is -2.35. The molecule has 0 spiro atoms. The van der Waals surface area contributed by atoms with Crippen molar-refractivity contribution in [2.45, 2.75) is 11.8 Å². The van der Waals surface area contributed by atoms with Crippen LogP contribution in [0.15, 0.2) is 46.0 Å². The number of likely N-dealkylation sites (N-methyl/N-ethyl adjacent to an activating group) is 1. The van der Waals surface area contributed by atoms with Crippen molar-refractivity contribution in [2.24, 2.45) is 12.0 Å². The molecule has 1 aliphatic rings. The van der Waals surface area contributed by atoms with Gasteiger partial charge in [-0.2, -0.15) is 4.99 Å². The SMILES string of the molecule is [2H]C([2H])([2H])n1cc(C)sc1=NC(=O)C1=C(O)c2ccccc2S(=O)(=O)N1C. The molecule has 1 amide bonds. The number of hydrogen-bond donors (Lipinski definition) is 1. The van der Waals surface area contributed by atoms with Gasteiger partial charge in [0.05, 0.1) is 4.90 Å². The van der Waals surface area contributed by atoms with Crippen molar-refractivity contribution in [3.63, 3.8) is 0 Å². The van der Waals surface area contributed by atoms with Gasteiger partial charge in [0, 0.05) is 34.8 Å². The zero-order valence-electron chi connectivity index (χ0n) is 15.7. The number of aryl methyl sites for hydroxylation is 2. The average molecular weight is 368 g/mol. The van der Waals surface area contributed by atoms with E-state index in [0.29, 0.717) is 9.18 Å². The third-order valence-corrected chi connectivity index (χ3v) is 6.20. The van der Waals surface area contributed by atoms with E-state index in [-0.39, 0.29) is 15.3 Å². The summed E-state index contributed by atoms with van der Waals surface area (Å²) in [7, 11) is -2.93. The zero-order valence-corrected chi connectivity index (χ0v) is 14.3. The Morgan fingerprint density at radius 3 is 2.79 bits per heavy atom. The monoisotopic (exact) mass is 368 g/mol. The molecule has 0 fully saturated rings. The average Bonchev–Trinajstić information content (AvgIpc) is 2.94. The molecule has 2 aromatic rings. The van der Waals surface area contributed by atoms with Crippen LogP contribution in [0.3, 0.4) is 0 Å². The minimum Gasteiger partial charge on any atom is -0.505 e. The molecule has 126 valence electrons. The summed E-state index contributed by atoms with van der Waals surface area (Å²) in [5.74, 6) is -1.60. The quantitative estimate of drug-likeness (QED) is 0.823. The van der Waals surface area contributed by atoms with E-state index in [9.17, 15) is 18.3 Å². The molecule has 1 aromatic heterocycles. The number of aliphatic hydroxyl groups is 1. The molecule has 0 saturated heterocycles. The topological polar surface area (TPSA) is 92.0 Å². The van der Waals surface area contributed by atoms with Crippen LogP contribution in [0.25, 0.3) is 5.76 Å². The highest BCUT2D eigenvalue weighted by Crippen LogP contribution is 2.34. The fourth-order valence-corrected chi connectivity index (χ4v) is 4.46. The summed E-state index contributed by atoms with van der Waals surface area (Å²) in [6.07, 6.45) is 1.33. The molecule has 0 aliphatic carbocycles. The molecule has 3 rings (SSSR count). The van der Waals surface area contributed by atoms with Gasteiger partial charge in [0.25, 0.3) is 10.0 Å². The van der Waals surface area contributed by atoms with Crippen molar-refractivity contribution in [1.29, 1.82) is 0 Å². The van der Waals surface area contributed by atoms with Crippen molar-refractivity contribution < 1.29 is 22.4 Å². The van der Waals surface area contributed by atoms with Crippen LogP contribution in [0, 0.1) is 6.92 Å². The first-order valence-electron chi connectivity index (χ1n) is 8.25. The molecule has 2 heterocycles. The fraction of sp³-hybridized carbons (Fsp3) is 0.200. The number of benzene rings is 1. The van der Waals surface area contributed by atoms with Gasteiger partial charge in [-0.15, -0.1) is 11.3 Å². The van der Waals surface area contributed by atoms with Crippen molar-refractivity contribution in [3.8, 4) is 0 Å². The minimum absolute atomic E-state index is 0.0137. The van der Waals surface area contributed by atoms with E-state index in [1.54, 1.807) is 6.92 Å². The maximum absolute atomic E-state index is 12.7. The van der Waals surface area contributed by atoms with Crippen molar-refractivity contribution in [3.05, 3.63) is 51.4 Å². The highest BCUT2D eigenvalue weighted by molar-refractivity contribution is 7.89. The molecule has 0 atom stereocenters. The highest BCUT2D eigenvalue weighted by atomic mass is 32.2. The molecule has 0 unspecified atom stereocenters. The lowest BCUT2D eigenvalue weighted by Gasteiger charge is -2.27. The number of nitrogens with zero attached hydrogens (tertiary/aromatic N) is 3. The summed E-state index contributed by atoms with van der Waals surface area (Å²) >= 11 is 0.965. The maximum Gasteiger partial charge on any atom is 0.300 e. The van der Waals surface area contributed by atoms with Crippen LogP contribution >= 0.6 is 11.3 Å². The summed E-state index contributed by atoms with van der Waals surface area (Å²) in [6, 6.07) is 5.73. The Hall–Kier alpha value is -2.39. The first-order chi connectivity index (χ1) is 12.4. The number of aliphatic hydroxyl groups excluding tert-OH is 1. The van der Waals surface area contributed by atoms with Gasteiger partial charge >= 0.3 is 5.91 Å². The number of fused-ring (bicyclic) bond motifs is 1. The van der Waals surface area contributed by atoms with E-state index < -0.39 is 34.4 Å². The largest absolute Gasteiger partial charge is 0.505 e. The van der Waals surface area contributed by atoms with Gasteiger partial charge in [-0.05, 0) is 19.1 Å². The molecule has 0 bridgehead atoms. The Morgan fingerprint density at radius 1 is 1.38 bits per heavy atom. The van der Waals surface area contributed by atoms with Gasteiger partial charge in [-0.1, -0.05) is 12.1 Å². The van der Waals surface area contributed by atoms with Crippen LogP contribution < -0.4 is 4.80 Å². The van der Waals surface area contributed by atoms with Crippen LogP contribution in [0.1, 0.15) is 14.6 Å². The Balaban J connectivity index is 2.22. The lowest BCUT2D eigenvalue weighted by atomic mass is 10.1. The molecular weight excluding hydrogens is 350 g/mol. The highest BCUT2D eigenvalue weighted by Gasteiger charge is 2.37. The summed E-state index contributed by atoms with van der Waals surface area (Å²) in [5.41, 5.74) is -0.558. The number of carbonyl (C=O) groups excluding carboxylic acids is 1. The standard InChI is InChI=1S/C15H15N3O4S2/c1-9-8-17(2)15(23-9)16-14(20)12-13(19)10-6-4-5-7-11(10)24(21,22)18(12)3/h4-8,19H,1-3H3/i2D3. The predicted molar refractivity (Wildman–Crippen MR) is 89.5 cm³/mol. The van der Waals surface area contributed by atoms with E-state index in [4.69, 9.17) is 4.11 Å². The number of sulfonamides is 1. The van der Waals surface area contributed by atoms with Gasteiger partial charge in [0.2, 0.25) is 0 Å². The summed E-state index contributed by atoms with van der Waals surface area (Å²) in [5, 5.41) is 10.5. The van der Waals surface area contributed by atoms with E-state index in [2.05, 4.69) is 4.99 Å². The number of amides is 1. The molecule has 1 aliphatic heterocycles. The van der Waals surface area contributed by atoms with E-state index in [0.717, 1.165) is 23.0 Å². The van der Waals surface area contributed by atoms with E-state index in [1.165, 1.54) is 30.5 Å². The first-order valence-corrected chi connectivity index (χ1v) is 9.00. The number of rotatable bonds is 1. The molecule has 24 heavy (non-hydrogen) atoms. The third-order valence-electron chi connectivity index (χ3n) is 3.49. The first kappa shape index (κ1) is 13.0. The Kier molecular flexibility index (Phi) is 3.03. The van der Waals surface area contributed by atoms with Gasteiger partial charge in [-0.3, -0.25) is 9.10 Å². The molecule has 7 nitrogen and oxygen atoms in total. The third kappa shape index (κ3) is 2.45. The number of carbonyl (C=O) groups is 1. The van der Waals surface area contributed by atoms with Gasteiger partial charge < -0.3 is 9.67 Å². The van der Waals surface area contributed by atoms with E-state index in [1.807, 2.05) is 0 Å². The molecular formula is C15H15N3O4S2. The van der Waals surface area contributed by atoms with Crippen molar-refractivity contribution in [2.75, 3.05) is 7.05 Å². The fourth-order valence-electron chi connectivity index (χ4n) is 2.34. The van der Waals surface area contributed by atoms with E-state index >= 15 is 0 Å². The number of thiazole rings is 1. The Morgan fingerprint density at radius 2 is 2.08 bits per heavy atom. The predicted octanol–water partition coefficient (Wildman–Crippen LogP) is 1.38. The molecule has 1 N–H and O–H groups in total. The second kappa shape index (κ2) is 5.60. The van der Waals surface area contributed by atoms with Crippen molar-refractivity contribution >= 4 is 33.0 Å². The Bertz CT molecular complexity index is 1140. The van der Waals surface area contributed by atoms with Gasteiger partial charge in [0.15, 0.2) is 16.3 Å².